The summed E-state index contributed by atoms with van der Waals surface area (Å²) < 4.78 is 13.5. The Kier molecular flexibility index (Phi) is 1.88. The molecule has 1 aliphatic rings. The minimum atomic E-state index is -0.292. The zero-order chi connectivity index (χ0) is 10.3. The van der Waals surface area contributed by atoms with Gasteiger partial charge in [-0.3, -0.25) is 5.32 Å². The van der Waals surface area contributed by atoms with Gasteiger partial charge in [0.2, 0.25) is 0 Å². The van der Waals surface area contributed by atoms with Crippen molar-refractivity contribution in [3.8, 4) is 0 Å². The minimum Gasteiger partial charge on any atom is -0.271 e. The molecule has 0 bridgehead atoms. The molecule has 14 heavy (non-hydrogen) atoms. The molecule has 0 N–H and O–H groups in total. The SMILES string of the molecule is CC1=CC(C)(C)[N]c2c(F)cccc21. The maximum atomic E-state index is 13.5. The van der Waals surface area contributed by atoms with Crippen LogP contribution < -0.4 is 5.32 Å². The molecule has 0 fully saturated rings. The van der Waals surface area contributed by atoms with E-state index in [4.69, 9.17) is 0 Å². The zero-order valence-electron chi connectivity index (χ0n) is 8.63. The van der Waals surface area contributed by atoms with Crippen molar-refractivity contribution < 1.29 is 4.39 Å². The molecular formula is C12H13FN. The van der Waals surface area contributed by atoms with Crippen LogP contribution in [0.5, 0.6) is 0 Å². The third-order valence-electron chi connectivity index (χ3n) is 2.38. The van der Waals surface area contributed by atoms with Crippen molar-refractivity contribution in [1.29, 1.82) is 0 Å². The van der Waals surface area contributed by atoms with Gasteiger partial charge in [-0.1, -0.05) is 18.2 Å². The molecule has 0 aliphatic carbocycles. The van der Waals surface area contributed by atoms with Gasteiger partial charge in [-0.05, 0) is 32.4 Å². The summed E-state index contributed by atoms with van der Waals surface area (Å²) in [7, 11) is 0. The molecule has 0 aromatic heterocycles. The number of hydrogen-bond acceptors (Lipinski definition) is 0. The fraction of sp³-hybridized carbons (Fsp3) is 0.333. The van der Waals surface area contributed by atoms with E-state index < -0.39 is 0 Å². The van der Waals surface area contributed by atoms with Crippen molar-refractivity contribution >= 4 is 11.3 Å². The lowest BCUT2D eigenvalue weighted by atomic mass is 9.91. The van der Waals surface area contributed by atoms with Gasteiger partial charge in [0.1, 0.15) is 11.5 Å². The molecule has 0 saturated carbocycles. The number of hydrogen-bond donors (Lipinski definition) is 0. The van der Waals surface area contributed by atoms with Crippen LogP contribution in [0.4, 0.5) is 10.1 Å². The van der Waals surface area contributed by atoms with E-state index in [9.17, 15) is 4.39 Å². The van der Waals surface area contributed by atoms with E-state index in [-0.39, 0.29) is 11.4 Å². The molecule has 1 aliphatic heterocycles. The number of benzene rings is 1. The van der Waals surface area contributed by atoms with E-state index >= 15 is 0 Å². The third-order valence-corrected chi connectivity index (χ3v) is 2.38. The lowest BCUT2D eigenvalue weighted by Crippen LogP contribution is -2.31. The molecule has 1 aromatic rings. The Balaban J connectivity index is 2.62. The number of rotatable bonds is 0. The van der Waals surface area contributed by atoms with E-state index in [1.165, 1.54) is 6.07 Å². The molecule has 0 unspecified atom stereocenters. The smallest absolute Gasteiger partial charge is 0.149 e. The van der Waals surface area contributed by atoms with Crippen molar-refractivity contribution in [1.82, 2.24) is 5.32 Å². The molecule has 0 spiro atoms. The Morgan fingerprint density at radius 2 is 2.00 bits per heavy atom. The first kappa shape index (κ1) is 9.25. The molecule has 1 heterocycles. The van der Waals surface area contributed by atoms with Crippen molar-refractivity contribution in [3.05, 3.63) is 35.7 Å². The molecule has 0 saturated heterocycles. The van der Waals surface area contributed by atoms with Crippen LogP contribution in [0.15, 0.2) is 24.3 Å². The third kappa shape index (κ3) is 1.41. The van der Waals surface area contributed by atoms with Crippen molar-refractivity contribution in [2.45, 2.75) is 26.3 Å². The standard InChI is InChI=1S/C12H13FN/c1-8-7-12(2,3)14-11-9(8)5-4-6-10(11)13/h4-7H,1-3H3. The normalized spacial score (nSPS) is 18.1. The monoisotopic (exact) mass is 190 g/mol. The van der Waals surface area contributed by atoms with Gasteiger partial charge in [0.25, 0.3) is 0 Å². The van der Waals surface area contributed by atoms with Gasteiger partial charge >= 0.3 is 0 Å². The zero-order valence-corrected chi connectivity index (χ0v) is 8.63. The second-order valence-corrected chi connectivity index (χ2v) is 4.23. The number of halogens is 1. The van der Waals surface area contributed by atoms with E-state index in [0.717, 1.165) is 11.1 Å². The quantitative estimate of drug-likeness (QED) is 0.596. The molecule has 1 radical (unpaired) electrons. The average Bonchev–Trinajstić information content (AvgIpc) is 2.05. The summed E-state index contributed by atoms with van der Waals surface area (Å²) in [5, 5.41) is 4.38. The molecule has 2 rings (SSSR count). The van der Waals surface area contributed by atoms with E-state index in [1.807, 2.05) is 26.8 Å². The fourth-order valence-electron chi connectivity index (χ4n) is 1.88. The molecular weight excluding hydrogens is 177 g/mol. The maximum absolute atomic E-state index is 13.5. The first-order valence-electron chi connectivity index (χ1n) is 4.71. The second kappa shape index (κ2) is 2.84. The number of para-hydroxylation sites is 1. The van der Waals surface area contributed by atoms with Crippen LogP contribution in [0.3, 0.4) is 0 Å². The maximum Gasteiger partial charge on any atom is 0.149 e. The highest BCUT2D eigenvalue weighted by Crippen LogP contribution is 2.35. The fourth-order valence-corrected chi connectivity index (χ4v) is 1.88. The highest BCUT2D eigenvalue weighted by molar-refractivity contribution is 5.76. The van der Waals surface area contributed by atoms with Gasteiger partial charge in [-0.15, -0.1) is 0 Å². The Morgan fingerprint density at radius 3 is 2.71 bits per heavy atom. The summed E-state index contributed by atoms with van der Waals surface area (Å²) in [5.74, 6) is -0.233. The van der Waals surface area contributed by atoms with E-state index in [2.05, 4.69) is 11.4 Å². The summed E-state index contributed by atoms with van der Waals surface area (Å²) in [4.78, 5) is 0. The average molecular weight is 190 g/mol. The van der Waals surface area contributed by atoms with Crippen molar-refractivity contribution in [2.24, 2.45) is 0 Å². The van der Waals surface area contributed by atoms with Crippen LogP contribution in [0, 0.1) is 5.82 Å². The van der Waals surface area contributed by atoms with Crippen LogP contribution >= 0.6 is 0 Å². The Bertz CT molecular complexity index is 405. The molecule has 1 nitrogen and oxygen atoms in total. The van der Waals surface area contributed by atoms with Gasteiger partial charge < -0.3 is 0 Å². The van der Waals surface area contributed by atoms with Crippen molar-refractivity contribution in [2.75, 3.05) is 0 Å². The van der Waals surface area contributed by atoms with Gasteiger partial charge in [0.05, 0.1) is 5.54 Å². The first-order valence-corrected chi connectivity index (χ1v) is 4.71. The Labute approximate surface area is 83.6 Å². The highest BCUT2D eigenvalue weighted by atomic mass is 19.1. The van der Waals surface area contributed by atoms with E-state index in [0.29, 0.717) is 5.69 Å². The summed E-state index contributed by atoms with van der Waals surface area (Å²) in [6.07, 6.45) is 2.06. The molecule has 0 atom stereocenters. The van der Waals surface area contributed by atoms with Crippen molar-refractivity contribution in [3.63, 3.8) is 0 Å². The number of fused-ring (bicyclic) bond motifs is 1. The molecule has 2 heteroatoms. The van der Waals surface area contributed by atoms with Crippen LogP contribution in [0.25, 0.3) is 5.57 Å². The molecule has 1 aromatic carbocycles. The summed E-state index contributed by atoms with van der Waals surface area (Å²) in [5.41, 5.74) is 2.21. The predicted octanol–water partition coefficient (Wildman–Crippen LogP) is 3.26. The summed E-state index contributed by atoms with van der Waals surface area (Å²) in [6, 6.07) is 5.08. The molecule has 73 valence electrons. The van der Waals surface area contributed by atoms with Gasteiger partial charge in [0.15, 0.2) is 0 Å². The highest BCUT2D eigenvalue weighted by Gasteiger charge is 2.26. The van der Waals surface area contributed by atoms with Crippen LogP contribution in [0.2, 0.25) is 0 Å². The van der Waals surface area contributed by atoms with Crippen LogP contribution in [-0.2, 0) is 0 Å². The van der Waals surface area contributed by atoms with E-state index in [1.54, 1.807) is 6.07 Å². The molecule has 0 amide bonds. The number of allylic oxidation sites excluding steroid dienone is 1. The van der Waals surface area contributed by atoms with Gasteiger partial charge in [0, 0.05) is 5.56 Å². The second-order valence-electron chi connectivity index (χ2n) is 4.23. The largest absolute Gasteiger partial charge is 0.271 e. The summed E-state index contributed by atoms with van der Waals surface area (Å²) in [6.45, 7) is 5.95. The van der Waals surface area contributed by atoms with Crippen LogP contribution in [-0.4, -0.2) is 5.54 Å². The lowest BCUT2D eigenvalue weighted by molar-refractivity contribution is 0.519. The Morgan fingerprint density at radius 1 is 1.29 bits per heavy atom. The minimum absolute atomic E-state index is 0.233. The topological polar surface area (TPSA) is 14.1 Å². The van der Waals surface area contributed by atoms with Crippen LogP contribution in [0.1, 0.15) is 26.3 Å². The number of nitrogens with zero attached hydrogens (tertiary/aromatic N) is 1. The van der Waals surface area contributed by atoms with Gasteiger partial charge in [-0.2, -0.15) is 0 Å². The Hall–Kier alpha value is -1.31. The lowest BCUT2D eigenvalue weighted by Gasteiger charge is -2.28. The van der Waals surface area contributed by atoms with Gasteiger partial charge in [-0.25, -0.2) is 4.39 Å². The predicted molar refractivity (Wildman–Crippen MR) is 55.9 cm³/mol. The first-order chi connectivity index (χ1) is 6.49. The summed E-state index contributed by atoms with van der Waals surface area (Å²) >= 11 is 0.